The number of rotatable bonds is 3. The topological polar surface area (TPSA) is 31.2 Å². The fourth-order valence-corrected chi connectivity index (χ4v) is 2.86. The molecule has 21 heavy (non-hydrogen) atoms. The van der Waals surface area contributed by atoms with Gasteiger partial charge in [0.1, 0.15) is 17.0 Å². The van der Waals surface area contributed by atoms with Crippen LogP contribution in [0.4, 0.5) is 0 Å². The quantitative estimate of drug-likeness (QED) is 0.415. The summed E-state index contributed by atoms with van der Waals surface area (Å²) in [5, 5.41) is 2.08. The van der Waals surface area contributed by atoms with Gasteiger partial charge in [0.25, 0.3) is 0 Å². The second-order valence-corrected chi connectivity index (χ2v) is 5.38. The zero-order chi connectivity index (χ0) is 15.0. The van der Waals surface area contributed by atoms with Crippen LogP contribution in [0, 0.1) is 0 Å². The van der Waals surface area contributed by atoms with Crippen LogP contribution in [-0.4, -0.2) is 28.8 Å². The minimum Gasteiger partial charge on any atom is -0.497 e. The third-order valence-corrected chi connectivity index (χ3v) is 4.24. The van der Waals surface area contributed by atoms with Crippen molar-refractivity contribution in [2.24, 2.45) is 0 Å². The minimum absolute atomic E-state index is 0.233. The number of benzene rings is 2. The first kappa shape index (κ1) is 14.0. The molecule has 2 aromatic carbocycles. The molecule has 5 heteroatoms. The van der Waals surface area contributed by atoms with Crippen molar-refractivity contribution in [1.29, 1.82) is 0 Å². The Morgan fingerprint density at radius 2 is 1.90 bits per heavy atom. The lowest BCUT2D eigenvalue weighted by Crippen LogP contribution is -2.10. The van der Waals surface area contributed by atoms with Crippen molar-refractivity contribution in [3.63, 3.8) is 0 Å². The van der Waals surface area contributed by atoms with E-state index in [1.807, 2.05) is 34.9 Å². The Morgan fingerprint density at radius 1 is 1.24 bits per heavy atom. The van der Waals surface area contributed by atoms with Gasteiger partial charge in [0, 0.05) is 22.4 Å². The molecule has 0 aliphatic rings. The van der Waals surface area contributed by atoms with Crippen molar-refractivity contribution < 1.29 is 9.53 Å². The Bertz CT molecular complexity index is 869. The van der Waals surface area contributed by atoms with E-state index in [1.54, 1.807) is 13.2 Å². The highest BCUT2D eigenvalue weighted by molar-refractivity contribution is 7.80. The zero-order valence-corrected chi connectivity index (χ0v) is 12.9. The number of aromatic nitrogens is 1. The SMILES string of the molecule is COc1ccc2c3ccc(C=O)cc3n(C(=S)CCl)c2c1. The summed E-state index contributed by atoms with van der Waals surface area (Å²) in [7, 11) is 1.62. The molecule has 1 heterocycles. The van der Waals surface area contributed by atoms with E-state index < -0.39 is 0 Å². The Morgan fingerprint density at radius 3 is 2.52 bits per heavy atom. The fraction of sp³-hybridized carbons (Fsp3) is 0.125. The molecule has 106 valence electrons. The van der Waals surface area contributed by atoms with Crippen LogP contribution in [0.25, 0.3) is 21.8 Å². The van der Waals surface area contributed by atoms with Gasteiger partial charge < -0.3 is 9.30 Å². The van der Waals surface area contributed by atoms with Crippen molar-refractivity contribution in [3.8, 4) is 5.75 Å². The van der Waals surface area contributed by atoms with Crippen LogP contribution >= 0.6 is 23.8 Å². The second kappa shape index (κ2) is 5.47. The molecule has 0 unspecified atom stereocenters. The van der Waals surface area contributed by atoms with E-state index in [1.165, 1.54) is 0 Å². The molecule has 0 fully saturated rings. The summed E-state index contributed by atoms with van der Waals surface area (Å²) >= 11 is 11.3. The highest BCUT2D eigenvalue weighted by atomic mass is 35.5. The van der Waals surface area contributed by atoms with E-state index in [9.17, 15) is 4.79 Å². The molecule has 3 nitrogen and oxygen atoms in total. The molecule has 0 aliphatic carbocycles. The second-order valence-electron chi connectivity index (χ2n) is 4.64. The van der Waals surface area contributed by atoms with Crippen molar-refractivity contribution in [2.75, 3.05) is 13.0 Å². The first-order valence-electron chi connectivity index (χ1n) is 6.36. The standard InChI is InChI=1S/C16H12ClNO2S/c1-20-11-3-5-13-12-4-2-10(9-19)6-14(12)18(15(13)7-11)16(21)8-17/h2-7,9H,8H2,1H3. The first-order chi connectivity index (χ1) is 10.2. The fourth-order valence-electron chi connectivity index (χ4n) is 2.54. The van der Waals surface area contributed by atoms with Gasteiger partial charge in [-0.25, -0.2) is 0 Å². The maximum absolute atomic E-state index is 11.0. The van der Waals surface area contributed by atoms with Crippen LogP contribution < -0.4 is 4.74 Å². The number of nitrogens with zero attached hydrogens (tertiary/aromatic N) is 1. The van der Waals surface area contributed by atoms with Crippen molar-refractivity contribution >= 4 is 56.9 Å². The summed E-state index contributed by atoms with van der Waals surface area (Å²) in [6.07, 6.45) is 0.825. The predicted octanol–water partition coefficient (Wildman–Crippen LogP) is 4.03. The van der Waals surface area contributed by atoms with Gasteiger partial charge in [-0.3, -0.25) is 4.79 Å². The van der Waals surface area contributed by atoms with Gasteiger partial charge in [-0.05, 0) is 18.2 Å². The van der Waals surface area contributed by atoms with E-state index in [0.29, 0.717) is 10.6 Å². The lowest BCUT2D eigenvalue weighted by molar-refractivity contribution is 0.112. The average molecular weight is 318 g/mol. The number of thiocarbonyl (C=S) groups is 1. The summed E-state index contributed by atoms with van der Waals surface area (Å²) in [5.74, 6) is 0.982. The Labute approximate surface area is 132 Å². The van der Waals surface area contributed by atoms with Crippen LogP contribution in [0.3, 0.4) is 0 Å². The molecule has 1 aromatic heterocycles. The summed E-state index contributed by atoms with van der Waals surface area (Å²) in [4.78, 5) is 11.6. The molecule has 0 spiro atoms. The largest absolute Gasteiger partial charge is 0.497 e. The van der Waals surface area contributed by atoms with Crippen LogP contribution in [0.5, 0.6) is 5.75 Å². The molecule has 0 saturated heterocycles. The van der Waals surface area contributed by atoms with Gasteiger partial charge in [-0.15, -0.1) is 11.6 Å². The number of fused-ring (bicyclic) bond motifs is 3. The van der Waals surface area contributed by atoms with Gasteiger partial charge in [0.15, 0.2) is 0 Å². The zero-order valence-electron chi connectivity index (χ0n) is 11.3. The number of alkyl halides is 1. The summed E-state index contributed by atoms with van der Waals surface area (Å²) in [6.45, 7) is 0. The number of hydrogen-bond donors (Lipinski definition) is 0. The van der Waals surface area contributed by atoms with Crippen LogP contribution in [-0.2, 0) is 0 Å². The predicted molar refractivity (Wildman–Crippen MR) is 90.1 cm³/mol. The lowest BCUT2D eigenvalue weighted by atomic mass is 10.1. The number of hydrogen-bond acceptors (Lipinski definition) is 3. The Kier molecular flexibility index (Phi) is 3.66. The van der Waals surface area contributed by atoms with Crippen LogP contribution in [0.2, 0.25) is 0 Å². The van der Waals surface area contributed by atoms with Gasteiger partial charge in [-0.2, -0.15) is 0 Å². The van der Waals surface area contributed by atoms with E-state index in [4.69, 9.17) is 28.6 Å². The molecule has 0 saturated carbocycles. The van der Waals surface area contributed by atoms with E-state index in [0.717, 1.165) is 33.8 Å². The highest BCUT2D eigenvalue weighted by Gasteiger charge is 2.14. The number of halogens is 1. The molecular formula is C16H12ClNO2S. The third-order valence-electron chi connectivity index (χ3n) is 3.50. The smallest absolute Gasteiger partial charge is 0.150 e. The normalized spacial score (nSPS) is 11.0. The first-order valence-corrected chi connectivity index (χ1v) is 7.30. The maximum Gasteiger partial charge on any atom is 0.150 e. The lowest BCUT2D eigenvalue weighted by Gasteiger charge is -2.07. The summed E-state index contributed by atoms with van der Waals surface area (Å²) < 4.78 is 7.19. The molecule has 0 atom stereocenters. The molecule has 0 aliphatic heterocycles. The van der Waals surface area contributed by atoms with Crippen molar-refractivity contribution in [3.05, 3.63) is 42.0 Å². The molecule has 0 amide bonds. The van der Waals surface area contributed by atoms with Crippen molar-refractivity contribution in [2.45, 2.75) is 0 Å². The average Bonchev–Trinajstić information content (AvgIpc) is 2.86. The Balaban J connectivity index is 2.48. The number of ether oxygens (including phenoxy) is 1. The highest BCUT2D eigenvalue weighted by Crippen LogP contribution is 2.32. The third kappa shape index (κ3) is 2.20. The van der Waals surface area contributed by atoms with Gasteiger partial charge in [0.2, 0.25) is 0 Å². The number of methoxy groups -OCH3 is 1. The Hall–Kier alpha value is -1.91. The van der Waals surface area contributed by atoms with Gasteiger partial charge in [0.05, 0.1) is 24.0 Å². The molecule has 0 N–H and O–H groups in total. The molecule has 0 bridgehead atoms. The molecular weight excluding hydrogens is 306 g/mol. The monoisotopic (exact) mass is 317 g/mol. The number of carbonyl (C=O) groups is 1. The summed E-state index contributed by atoms with van der Waals surface area (Å²) in [6, 6.07) is 11.4. The minimum atomic E-state index is 0.233. The van der Waals surface area contributed by atoms with E-state index in [2.05, 4.69) is 0 Å². The van der Waals surface area contributed by atoms with Crippen molar-refractivity contribution in [1.82, 2.24) is 4.57 Å². The molecule has 3 aromatic rings. The molecule has 0 radical (unpaired) electrons. The maximum atomic E-state index is 11.0. The van der Waals surface area contributed by atoms with Crippen LogP contribution in [0.1, 0.15) is 10.4 Å². The molecule has 3 rings (SSSR count). The van der Waals surface area contributed by atoms with Gasteiger partial charge in [-0.1, -0.05) is 24.4 Å². The van der Waals surface area contributed by atoms with Gasteiger partial charge >= 0.3 is 0 Å². The van der Waals surface area contributed by atoms with E-state index in [-0.39, 0.29) is 5.88 Å². The van der Waals surface area contributed by atoms with Crippen LogP contribution in [0.15, 0.2) is 36.4 Å². The number of aldehydes is 1. The summed E-state index contributed by atoms with van der Waals surface area (Å²) in [5.41, 5.74) is 2.42. The number of carbonyl (C=O) groups excluding carboxylic acids is 1. The van der Waals surface area contributed by atoms with E-state index >= 15 is 0 Å².